The second-order valence-corrected chi connectivity index (χ2v) is 4.60. The third kappa shape index (κ3) is 2.70. The van der Waals surface area contributed by atoms with Crippen molar-refractivity contribution in [2.75, 3.05) is 31.2 Å². The topological polar surface area (TPSA) is 91.5 Å². The lowest BCUT2D eigenvalue weighted by Crippen LogP contribution is -2.32. The molecule has 2 rings (SSSR count). The molecular formula is C12H18N4O2. The number of aromatic carboxylic acids is 1. The minimum absolute atomic E-state index is 0.00600. The van der Waals surface area contributed by atoms with E-state index < -0.39 is 5.97 Å². The van der Waals surface area contributed by atoms with E-state index in [0.29, 0.717) is 17.5 Å². The summed E-state index contributed by atoms with van der Waals surface area (Å²) in [5.41, 5.74) is 6.26. The van der Waals surface area contributed by atoms with Gasteiger partial charge in [-0.05, 0) is 38.6 Å². The Morgan fingerprint density at radius 1 is 1.67 bits per heavy atom. The normalized spacial score (nSPS) is 19.9. The molecule has 0 bridgehead atoms. The molecule has 0 saturated carbocycles. The Balaban J connectivity index is 2.04. The van der Waals surface area contributed by atoms with E-state index in [9.17, 15) is 4.79 Å². The van der Waals surface area contributed by atoms with Gasteiger partial charge in [0.2, 0.25) is 0 Å². The predicted octanol–water partition coefficient (Wildman–Crippen LogP) is 0.868. The van der Waals surface area contributed by atoms with Crippen LogP contribution in [0.15, 0.2) is 12.1 Å². The van der Waals surface area contributed by atoms with E-state index in [1.807, 2.05) is 0 Å². The molecule has 1 aliphatic rings. The number of likely N-dealkylation sites (N-methyl/N-ethyl adjacent to an activating group) is 1. The van der Waals surface area contributed by atoms with Gasteiger partial charge in [-0.15, -0.1) is 0 Å². The van der Waals surface area contributed by atoms with Gasteiger partial charge in [-0.1, -0.05) is 0 Å². The number of carboxylic acid groups (broad SMARTS) is 1. The van der Waals surface area contributed by atoms with Crippen LogP contribution in [0.3, 0.4) is 0 Å². The molecular weight excluding hydrogens is 232 g/mol. The van der Waals surface area contributed by atoms with Crippen LogP contribution >= 0.6 is 0 Å². The summed E-state index contributed by atoms with van der Waals surface area (Å²) in [5.74, 6) is -0.591. The molecule has 1 unspecified atom stereocenters. The van der Waals surface area contributed by atoms with E-state index in [0.717, 1.165) is 19.5 Å². The number of nitrogens with zero attached hydrogens (tertiary/aromatic N) is 2. The summed E-state index contributed by atoms with van der Waals surface area (Å²) in [4.78, 5) is 17.1. The van der Waals surface area contributed by atoms with Crippen LogP contribution in [0, 0.1) is 0 Å². The summed E-state index contributed by atoms with van der Waals surface area (Å²) < 4.78 is 0. The van der Waals surface area contributed by atoms with Crippen molar-refractivity contribution in [3.8, 4) is 0 Å². The van der Waals surface area contributed by atoms with Crippen molar-refractivity contribution in [2.24, 2.45) is 0 Å². The van der Waals surface area contributed by atoms with Crippen LogP contribution in [0.25, 0.3) is 0 Å². The Labute approximate surface area is 106 Å². The molecule has 1 atom stereocenters. The zero-order valence-electron chi connectivity index (χ0n) is 10.4. The first-order valence-electron chi connectivity index (χ1n) is 6.02. The van der Waals surface area contributed by atoms with Crippen LogP contribution in [0.4, 0.5) is 11.5 Å². The van der Waals surface area contributed by atoms with Gasteiger partial charge in [0.15, 0.2) is 5.69 Å². The van der Waals surface area contributed by atoms with E-state index >= 15 is 0 Å². The second-order valence-electron chi connectivity index (χ2n) is 4.60. The van der Waals surface area contributed by atoms with Crippen molar-refractivity contribution in [2.45, 2.75) is 18.9 Å². The molecule has 0 aliphatic carbocycles. The Hall–Kier alpha value is -1.82. The molecule has 1 aliphatic heterocycles. The fraction of sp³-hybridized carbons (Fsp3) is 0.500. The standard InChI is InChI=1S/C12H18N4O2/c1-16-6-2-3-8(16)7-14-11-9(13)4-5-10(15-11)12(17)18/h4-5,8H,2-3,6-7,13H2,1H3,(H,14,15)(H,17,18). The van der Waals surface area contributed by atoms with Gasteiger partial charge in [-0.2, -0.15) is 0 Å². The zero-order valence-corrected chi connectivity index (χ0v) is 10.4. The van der Waals surface area contributed by atoms with Gasteiger partial charge in [0.1, 0.15) is 5.82 Å². The molecule has 98 valence electrons. The number of anilines is 2. The van der Waals surface area contributed by atoms with Gasteiger partial charge in [0.05, 0.1) is 5.69 Å². The smallest absolute Gasteiger partial charge is 0.354 e. The number of hydrogen-bond acceptors (Lipinski definition) is 5. The van der Waals surface area contributed by atoms with Crippen molar-refractivity contribution in [1.29, 1.82) is 0 Å². The van der Waals surface area contributed by atoms with Crippen LogP contribution in [0.2, 0.25) is 0 Å². The van der Waals surface area contributed by atoms with Crippen molar-refractivity contribution in [3.05, 3.63) is 17.8 Å². The molecule has 0 aromatic carbocycles. The molecule has 0 radical (unpaired) electrons. The number of aromatic nitrogens is 1. The minimum atomic E-state index is -1.05. The number of nitrogens with one attached hydrogen (secondary N) is 1. The quantitative estimate of drug-likeness (QED) is 0.734. The molecule has 0 amide bonds. The summed E-state index contributed by atoms with van der Waals surface area (Å²) in [5, 5.41) is 12.0. The Morgan fingerprint density at radius 2 is 2.44 bits per heavy atom. The SMILES string of the molecule is CN1CCCC1CNc1nc(C(=O)O)ccc1N. The van der Waals surface area contributed by atoms with Crippen LogP contribution in [-0.2, 0) is 0 Å². The van der Waals surface area contributed by atoms with Crippen LogP contribution in [0.5, 0.6) is 0 Å². The molecule has 0 spiro atoms. The Morgan fingerprint density at radius 3 is 3.06 bits per heavy atom. The van der Waals surface area contributed by atoms with E-state index in [2.05, 4.69) is 22.2 Å². The number of carbonyl (C=O) groups is 1. The van der Waals surface area contributed by atoms with E-state index in [4.69, 9.17) is 10.8 Å². The number of rotatable bonds is 4. The fourth-order valence-corrected chi connectivity index (χ4v) is 2.18. The molecule has 1 aromatic rings. The van der Waals surface area contributed by atoms with Crippen molar-refractivity contribution in [1.82, 2.24) is 9.88 Å². The lowest BCUT2D eigenvalue weighted by atomic mass is 10.2. The second kappa shape index (κ2) is 5.22. The minimum Gasteiger partial charge on any atom is -0.477 e. The highest BCUT2D eigenvalue weighted by atomic mass is 16.4. The van der Waals surface area contributed by atoms with Crippen molar-refractivity contribution < 1.29 is 9.90 Å². The summed E-state index contributed by atoms with van der Waals surface area (Å²) in [6.45, 7) is 1.83. The van der Waals surface area contributed by atoms with Crippen molar-refractivity contribution in [3.63, 3.8) is 0 Å². The number of nitrogen functional groups attached to an aromatic ring is 1. The van der Waals surface area contributed by atoms with E-state index in [1.54, 1.807) is 6.07 Å². The van der Waals surface area contributed by atoms with Gasteiger partial charge >= 0.3 is 5.97 Å². The van der Waals surface area contributed by atoms with Crippen molar-refractivity contribution >= 4 is 17.5 Å². The van der Waals surface area contributed by atoms with Crippen LogP contribution in [0.1, 0.15) is 23.3 Å². The maximum Gasteiger partial charge on any atom is 0.354 e. The molecule has 6 nitrogen and oxygen atoms in total. The molecule has 4 N–H and O–H groups in total. The van der Waals surface area contributed by atoms with Crippen LogP contribution in [-0.4, -0.2) is 47.1 Å². The number of hydrogen-bond donors (Lipinski definition) is 3. The van der Waals surface area contributed by atoms with Gasteiger partial charge in [-0.3, -0.25) is 0 Å². The summed E-state index contributed by atoms with van der Waals surface area (Å²) in [6, 6.07) is 3.43. The third-order valence-corrected chi connectivity index (χ3v) is 3.32. The third-order valence-electron chi connectivity index (χ3n) is 3.32. The molecule has 6 heteroatoms. The predicted molar refractivity (Wildman–Crippen MR) is 69.8 cm³/mol. The monoisotopic (exact) mass is 250 g/mol. The Bertz CT molecular complexity index is 450. The van der Waals surface area contributed by atoms with Crippen LogP contribution < -0.4 is 11.1 Å². The molecule has 1 fully saturated rings. The van der Waals surface area contributed by atoms with Gasteiger partial charge in [0.25, 0.3) is 0 Å². The lowest BCUT2D eigenvalue weighted by Gasteiger charge is -2.20. The lowest BCUT2D eigenvalue weighted by molar-refractivity contribution is 0.0690. The van der Waals surface area contributed by atoms with Gasteiger partial charge in [0, 0.05) is 12.6 Å². The van der Waals surface area contributed by atoms with Gasteiger partial charge < -0.3 is 21.1 Å². The fourth-order valence-electron chi connectivity index (χ4n) is 2.18. The zero-order chi connectivity index (χ0) is 13.1. The highest BCUT2D eigenvalue weighted by Gasteiger charge is 2.20. The first-order chi connectivity index (χ1) is 8.58. The average Bonchev–Trinajstić information content (AvgIpc) is 2.73. The highest BCUT2D eigenvalue weighted by molar-refractivity contribution is 5.86. The largest absolute Gasteiger partial charge is 0.477 e. The maximum absolute atomic E-state index is 10.8. The number of nitrogens with two attached hydrogens (primary N) is 1. The Kier molecular flexibility index (Phi) is 3.66. The van der Waals surface area contributed by atoms with E-state index in [-0.39, 0.29) is 5.69 Å². The van der Waals surface area contributed by atoms with Gasteiger partial charge in [-0.25, -0.2) is 9.78 Å². The number of likely N-dealkylation sites (tertiary alicyclic amines) is 1. The van der Waals surface area contributed by atoms with E-state index in [1.165, 1.54) is 12.5 Å². The molecule has 18 heavy (non-hydrogen) atoms. The number of carboxylic acids is 1. The first-order valence-corrected chi connectivity index (χ1v) is 6.02. The molecule has 2 heterocycles. The molecule has 1 aromatic heterocycles. The first kappa shape index (κ1) is 12.6. The maximum atomic E-state index is 10.8. The highest BCUT2D eigenvalue weighted by Crippen LogP contribution is 2.19. The molecule has 1 saturated heterocycles. The average molecular weight is 250 g/mol. The summed E-state index contributed by atoms with van der Waals surface area (Å²) in [7, 11) is 2.09. The summed E-state index contributed by atoms with van der Waals surface area (Å²) >= 11 is 0. The number of pyridine rings is 1. The summed E-state index contributed by atoms with van der Waals surface area (Å²) in [6.07, 6.45) is 2.34.